The standard InChI is InChI=1S/C10H14N4O2/c1-15-6-4-7(11)10-13-9(14-16-10)8-3-2-5-12-8/h2-3,5,7,12H,4,6,11H2,1H3. The van der Waals surface area contributed by atoms with Crippen molar-refractivity contribution in [3.63, 3.8) is 0 Å². The first kappa shape index (κ1) is 10.8. The van der Waals surface area contributed by atoms with Crippen molar-refractivity contribution in [3.8, 4) is 11.5 Å². The Morgan fingerprint density at radius 3 is 3.19 bits per heavy atom. The third-order valence-corrected chi connectivity index (χ3v) is 2.23. The summed E-state index contributed by atoms with van der Waals surface area (Å²) in [5.41, 5.74) is 6.68. The van der Waals surface area contributed by atoms with E-state index < -0.39 is 0 Å². The number of hydrogen-bond acceptors (Lipinski definition) is 5. The largest absolute Gasteiger partial charge is 0.385 e. The molecule has 0 saturated carbocycles. The summed E-state index contributed by atoms with van der Waals surface area (Å²) in [6.07, 6.45) is 2.46. The van der Waals surface area contributed by atoms with Crippen LogP contribution in [0.5, 0.6) is 0 Å². The summed E-state index contributed by atoms with van der Waals surface area (Å²) >= 11 is 0. The van der Waals surface area contributed by atoms with Crippen LogP contribution < -0.4 is 5.73 Å². The molecule has 3 N–H and O–H groups in total. The average molecular weight is 222 g/mol. The lowest BCUT2D eigenvalue weighted by Crippen LogP contribution is -2.12. The maximum Gasteiger partial charge on any atom is 0.244 e. The van der Waals surface area contributed by atoms with E-state index in [-0.39, 0.29) is 6.04 Å². The lowest BCUT2D eigenvalue weighted by atomic mass is 10.2. The number of nitrogens with two attached hydrogens (primary N) is 1. The normalized spacial score (nSPS) is 12.9. The second kappa shape index (κ2) is 4.91. The molecule has 86 valence electrons. The van der Waals surface area contributed by atoms with E-state index in [0.717, 1.165) is 5.69 Å². The molecule has 6 nitrogen and oxygen atoms in total. The molecule has 1 atom stereocenters. The van der Waals surface area contributed by atoms with Crippen LogP contribution in [-0.4, -0.2) is 28.8 Å². The first-order chi connectivity index (χ1) is 7.81. The summed E-state index contributed by atoms with van der Waals surface area (Å²) in [7, 11) is 1.63. The van der Waals surface area contributed by atoms with Gasteiger partial charge in [0.2, 0.25) is 11.7 Å². The molecule has 0 spiro atoms. The molecule has 1 unspecified atom stereocenters. The van der Waals surface area contributed by atoms with E-state index in [9.17, 15) is 0 Å². The van der Waals surface area contributed by atoms with Gasteiger partial charge in [-0.25, -0.2) is 0 Å². The number of hydrogen-bond donors (Lipinski definition) is 2. The molecule has 0 aromatic carbocycles. The molecule has 16 heavy (non-hydrogen) atoms. The lowest BCUT2D eigenvalue weighted by Gasteiger charge is -2.03. The van der Waals surface area contributed by atoms with Crippen molar-refractivity contribution in [2.24, 2.45) is 5.73 Å². The minimum atomic E-state index is -0.281. The number of aromatic amines is 1. The zero-order valence-corrected chi connectivity index (χ0v) is 9.01. The minimum absolute atomic E-state index is 0.281. The van der Waals surface area contributed by atoms with Crippen LogP contribution >= 0.6 is 0 Å². The van der Waals surface area contributed by atoms with Gasteiger partial charge in [0.05, 0.1) is 11.7 Å². The Morgan fingerprint density at radius 1 is 1.62 bits per heavy atom. The molecule has 6 heteroatoms. The number of nitrogens with zero attached hydrogens (tertiary/aromatic N) is 2. The van der Waals surface area contributed by atoms with E-state index in [1.54, 1.807) is 13.3 Å². The van der Waals surface area contributed by atoms with Crippen LogP contribution in [-0.2, 0) is 4.74 Å². The van der Waals surface area contributed by atoms with Crippen molar-refractivity contribution in [1.82, 2.24) is 15.1 Å². The van der Waals surface area contributed by atoms with Crippen LogP contribution in [0.3, 0.4) is 0 Å². The zero-order chi connectivity index (χ0) is 11.4. The molecule has 2 aromatic rings. The average Bonchev–Trinajstić information content (AvgIpc) is 2.94. The van der Waals surface area contributed by atoms with Gasteiger partial charge < -0.3 is 20.0 Å². The number of aromatic nitrogens is 3. The van der Waals surface area contributed by atoms with Gasteiger partial charge in [-0.2, -0.15) is 4.98 Å². The number of rotatable bonds is 5. The summed E-state index contributed by atoms with van der Waals surface area (Å²) in [5, 5.41) is 3.85. The lowest BCUT2D eigenvalue weighted by molar-refractivity contribution is 0.182. The molecule has 0 saturated heterocycles. The van der Waals surface area contributed by atoms with Crippen LogP contribution in [0.15, 0.2) is 22.9 Å². The van der Waals surface area contributed by atoms with Crippen LogP contribution in [0, 0.1) is 0 Å². The van der Waals surface area contributed by atoms with Crippen molar-refractivity contribution in [3.05, 3.63) is 24.2 Å². The van der Waals surface area contributed by atoms with Crippen LogP contribution in [0.25, 0.3) is 11.5 Å². The summed E-state index contributed by atoms with van der Waals surface area (Å²) in [6.45, 7) is 0.571. The number of H-pyrrole nitrogens is 1. The van der Waals surface area contributed by atoms with Crippen molar-refractivity contribution in [2.45, 2.75) is 12.5 Å². The van der Waals surface area contributed by atoms with Gasteiger partial charge in [0, 0.05) is 19.9 Å². The predicted molar refractivity (Wildman–Crippen MR) is 57.5 cm³/mol. The molecule has 2 rings (SSSR count). The first-order valence-corrected chi connectivity index (χ1v) is 5.03. The highest BCUT2D eigenvalue weighted by molar-refractivity contribution is 5.47. The second-order valence-corrected chi connectivity index (χ2v) is 3.43. The molecule has 0 aliphatic rings. The molecular formula is C10H14N4O2. The summed E-state index contributed by atoms with van der Waals surface area (Å²) in [6, 6.07) is 3.46. The highest BCUT2D eigenvalue weighted by Gasteiger charge is 2.15. The van der Waals surface area contributed by atoms with Gasteiger partial charge in [-0.15, -0.1) is 0 Å². The molecule has 0 bridgehead atoms. The van der Waals surface area contributed by atoms with Crippen molar-refractivity contribution < 1.29 is 9.26 Å². The predicted octanol–water partition coefficient (Wildman–Crippen LogP) is 1.10. The Labute approximate surface area is 92.8 Å². The van der Waals surface area contributed by atoms with Gasteiger partial charge in [0.15, 0.2) is 0 Å². The first-order valence-electron chi connectivity index (χ1n) is 5.03. The zero-order valence-electron chi connectivity index (χ0n) is 9.01. The Balaban J connectivity index is 2.07. The van der Waals surface area contributed by atoms with E-state index in [1.165, 1.54) is 0 Å². The Morgan fingerprint density at radius 2 is 2.50 bits per heavy atom. The van der Waals surface area contributed by atoms with Crippen molar-refractivity contribution in [1.29, 1.82) is 0 Å². The van der Waals surface area contributed by atoms with Crippen molar-refractivity contribution >= 4 is 0 Å². The summed E-state index contributed by atoms with van der Waals surface area (Å²) < 4.78 is 10.0. The Kier molecular flexibility index (Phi) is 3.33. The summed E-state index contributed by atoms with van der Waals surface area (Å²) in [4.78, 5) is 7.21. The number of ether oxygens (including phenoxy) is 1. The quantitative estimate of drug-likeness (QED) is 0.790. The van der Waals surface area contributed by atoms with E-state index >= 15 is 0 Å². The smallest absolute Gasteiger partial charge is 0.244 e. The van der Waals surface area contributed by atoms with Crippen LogP contribution in [0.4, 0.5) is 0 Å². The van der Waals surface area contributed by atoms with Gasteiger partial charge in [0.25, 0.3) is 0 Å². The molecule has 0 fully saturated rings. The Bertz CT molecular complexity index is 424. The van der Waals surface area contributed by atoms with E-state index in [2.05, 4.69) is 15.1 Å². The molecule has 0 amide bonds. The maximum atomic E-state index is 5.86. The third kappa shape index (κ3) is 2.29. The van der Waals surface area contributed by atoms with Gasteiger partial charge in [-0.1, -0.05) is 5.16 Å². The molecule has 0 radical (unpaired) electrons. The van der Waals surface area contributed by atoms with E-state index in [1.807, 2.05) is 12.1 Å². The van der Waals surface area contributed by atoms with Gasteiger partial charge in [0.1, 0.15) is 0 Å². The van der Waals surface area contributed by atoms with Gasteiger partial charge >= 0.3 is 0 Å². The molecule has 2 aromatic heterocycles. The van der Waals surface area contributed by atoms with Crippen LogP contribution in [0.2, 0.25) is 0 Å². The molecule has 0 aliphatic carbocycles. The number of nitrogens with one attached hydrogen (secondary N) is 1. The second-order valence-electron chi connectivity index (χ2n) is 3.43. The fourth-order valence-corrected chi connectivity index (χ4v) is 1.33. The highest BCUT2D eigenvalue weighted by atomic mass is 16.5. The minimum Gasteiger partial charge on any atom is -0.385 e. The van der Waals surface area contributed by atoms with E-state index in [0.29, 0.717) is 24.7 Å². The highest BCUT2D eigenvalue weighted by Crippen LogP contribution is 2.17. The van der Waals surface area contributed by atoms with Crippen LogP contribution in [0.1, 0.15) is 18.4 Å². The fraction of sp³-hybridized carbons (Fsp3) is 0.400. The fourth-order valence-electron chi connectivity index (χ4n) is 1.33. The number of methoxy groups -OCH3 is 1. The van der Waals surface area contributed by atoms with Crippen molar-refractivity contribution in [2.75, 3.05) is 13.7 Å². The molecular weight excluding hydrogens is 208 g/mol. The van der Waals surface area contributed by atoms with Gasteiger partial charge in [-0.05, 0) is 18.6 Å². The SMILES string of the molecule is COCCC(N)c1nc(-c2ccc[nH]2)no1. The van der Waals surface area contributed by atoms with Gasteiger partial charge in [-0.3, -0.25) is 0 Å². The molecule has 2 heterocycles. The monoisotopic (exact) mass is 222 g/mol. The third-order valence-electron chi connectivity index (χ3n) is 2.23. The maximum absolute atomic E-state index is 5.86. The summed E-state index contributed by atoms with van der Waals surface area (Å²) in [5.74, 6) is 0.953. The van der Waals surface area contributed by atoms with E-state index in [4.69, 9.17) is 15.0 Å². The topological polar surface area (TPSA) is 90.0 Å². The molecule has 0 aliphatic heterocycles. The Hall–Kier alpha value is -1.66.